The molecule has 1 N–H and O–H groups in total. The summed E-state index contributed by atoms with van der Waals surface area (Å²) in [5, 5.41) is 3.40. The van der Waals surface area contributed by atoms with Crippen LogP contribution in [0.3, 0.4) is 0 Å². The molecule has 1 fully saturated rings. The zero-order chi connectivity index (χ0) is 20.1. The van der Waals surface area contributed by atoms with Crippen LogP contribution in [0.4, 0.5) is 0 Å². The minimum atomic E-state index is -0.0506. The first-order valence-electron chi connectivity index (χ1n) is 9.53. The largest absolute Gasteiger partial charge is 0.493 e. The molecule has 0 spiro atoms. The SMILES string of the molecule is CCc1ccc(C2CNCCN2C(=O)c2cc(OC)c(OC)c(OC)c2)cc1.Cl. The van der Waals surface area contributed by atoms with Gasteiger partial charge < -0.3 is 24.4 Å². The van der Waals surface area contributed by atoms with Crippen LogP contribution in [0.1, 0.15) is 34.5 Å². The zero-order valence-corrected chi connectivity index (χ0v) is 18.2. The van der Waals surface area contributed by atoms with Crippen LogP contribution in [-0.4, -0.2) is 51.8 Å². The first kappa shape index (κ1) is 22.8. The van der Waals surface area contributed by atoms with Gasteiger partial charge in [-0.05, 0) is 29.7 Å². The van der Waals surface area contributed by atoms with Gasteiger partial charge >= 0.3 is 0 Å². The third kappa shape index (κ3) is 4.77. The van der Waals surface area contributed by atoms with E-state index in [9.17, 15) is 4.79 Å². The number of hydrogen-bond acceptors (Lipinski definition) is 5. The Labute approximate surface area is 178 Å². The van der Waals surface area contributed by atoms with Gasteiger partial charge in [0.25, 0.3) is 5.91 Å². The first-order chi connectivity index (χ1) is 13.6. The van der Waals surface area contributed by atoms with Gasteiger partial charge in [-0.25, -0.2) is 0 Å². The number of carbonyl (C=O) groups excluding carboxylic acids is 1. The number of amides is 1. The fourth-order valence-corrected chi connectivity index (χ4v) is 3.59. The van der Waals surface area contributed by atoms with Crippen molar-refractivity contribution in [1.82, 2.24) is 10.2 Å². The average Bonchev–Trinajstić information content (AvgIpc) is 2.77. The van der Waals surface area contributed by atoms with E-state index in [1.807, 2.05) is 4.90 Å². The molecule has 29 heavy (non-hydrogen) atoms. The van der Waals surface area contributed by atoms with E-state index in [1.165, 1.54) is 5.56 Å². The third-order valence-electron chi connectivity index (χ3n) is 5.19. The molecule has 0 saturated carbocycles. The minimum Gasteiger partial charge on any atom is -0.493 e. The maximum Gasteiger partial charge on any atom is 0.254 e. The van der Waals surface area contributed by atoms with E-state index in [4.69, 9.17) is 14.2 Å². The number of nitrogens with zero attached hydrogens (tertiary/aromatic N) is 1. The molecule has 0 aromatic heterocycles. The highest BCUT2D eigenvalue weighted by Crippen LogP contribution is 2.39. The number of carbonyl (C=O) groups is 1. The molecule has 1 saturated heterocycles. The Bertz CT molecular complexity index is 801. The predicted molar refractivity (Wildman–Crippen MR) is 116 cm³/mol. The van der Waals surface area contributed by atoms with E-state index >= 15 is 0 Å². The summed E-state index contributed by atoms with van der Waals surface area (Å²) in [6.45, 7) is 4.26. The number of methoxy groups -OCH3 is 3. The Morgan fingerprint density at radius 3 is 2.21 bits per heavy atom. The molecule has 0 radical (unpaired) electrons. The van der Waals surface area contributed by atoms with Gasteiger partial charge in [-0.15, -0.1) is 12.4 Å². The Hall–Kier alpha value is -2.44. The van der Waals surface area contributed by atoms with Crippen LogP contribution < -0.4 is 19.5 Å². The lowest BCUT2D eigenvalue weighted by atomic mass is 10.00. The molecule has 2 aromatic rings. The molecule has 1 aliphatic heterocycles. The Balaban J connectivity index is 0.00000300. The number of rotatable bonds is 6. The molecule has 1 unspecified atom stereocenters. The van der Waals surface area contributed by atoms with Crippen molar-refractivity contribution >= 4 is 18.3 Å². The van der Waals surface area contributed by atoms with E-state index in [0.717, 1.165) is 25.1 Å². The average molecular weight is 421 g/mol. The molecule has 0 bridgehead atoms. The number of aryl methyl sites for hydroxylation is 1. The Kier molecular flexibility index (Phi) is 8.17. The van der Waals surface area contributed by atoms with E-state index in [-0.39, 0.29) is 24.4 Å². The van der Waals surface area contributed by atoms with E-state index in [0.29, 0.717) is 29.4 Å². The summed E-state index contributed by atoms with van der Waals surface area (Å²) in [7, 11) is 4.65. The molecule has 0 aliphatic carbocycles. The van der Waals surface area contributed by atoms with E-state index < -0.39 is 0 Å². The Morgan fingerprint density at radius 2 is 1.69 bits per heavy atom. The highest BCUT2D eigenvalue weighted by atomic mass is 35.5. The summed E-state index contributed by atoms with van der Waals surface area (Å²) >= 11 is 0. The molecule has 2 aromatic carbocycles. The summed E-state index contributed by atoms with van der Waals surface area (Å²) in [6.07, 6.45) is 0.997. The van der Waals surface area contributed by atoms with Crippen molar-refractivity contribution in [2.45, 2.75) is 19.4 Å². The Morgan fingerprint density at radius 1 is 1.07 bits per heavy atom. The van der Waals surface area contributed by atoms with Crippen LogP contribution in [0.5, 0.6) is 17.2 Å². The summed E-state index contributed by atoms with van der Waals surface area (Å²) in [6, 6.07) is 11.9. The van der Waals surface area contributed by atoms with E-state index in [1.54, 1.807) is 33.5 Å². The maximum atomic E-state index is 13.4. The number of nitrogens with one attached hydrogen (secondary N) is 1. The highest BCUT2D eigenvalue weighted by molar-refractivity contribution is 5.96. The lowest BCUT2D eigenvalue weighted by molar-refractivity contribution is 0.0633. The van der Waals surface area contributed by atoms with Gasteiger partial charge in [-0.3, -0.25) is 4.79 Å². The number of benzene rings is 2. The molecule has 3 rings (SSSR count). The third-order valence-corrected chi connectivity index (χ3v) is 5.19. The first-order valence-corrected chi connectivity index (χ1v) is 9.53. The van der Waals surface area contributed by atoms with Gasteiger partial charge in [0, 0.05) is 25.2 Å². The van der Waals surface area contributed by atoms with Crippen LogP contribution in [0.15, 0.2) is 36.4 Å². The lowest BCUT2D eigenvalue weighted by Crippen LogP contribution is -2.48. The van der Waals surface area contributed by atoms with Gasteiger partial charge in [0.1, 0.15) is 0 Å². The fourth-order valence-electron chi connectivity index (χ4n) is 3.59. The van der Waals surface area contributed by atoms with Crippen molar-refractivity contribution in [3.05, 3.63) is 53.1 Å². The quantitative estimate of drug-likeness (QED) is 0.775. The van der Waals surface area contributed by atoms with E-state index in [2.05, 4.69) is 36.5 Å². The molecular weight excluding hydrogens is 392 g/mol. The molecule has 158 valence electrons. The maximum absolute atomic E-state index is 13.4. The topological polar surface area (TPSA) is 60.0 Å². The highest BCUT2D eigenvalue weighted by Gasteiger charge is 2.30. The number of hydrogen-bond donors (Lipinski definition) is 1. The summed E-state index contributed by atoms with van der Waals surface area (Å²) in [5.41, 5.74) is 2.94. The number of halogens is 1. The van der Waals surface area contributed by atoms with Crippen LogP contribution in [0.2, 0.25) is 0 Å². The number of ether oxygens (including phenoxy) is 3. The minimum absolute atomic E-state index is 0. The van der Waals surface area contributed by atoms with Crippen LogP contribution >= 0.6 is 12.4 Å². The van der Waals surface area contributed by atoms with Crippen molar-refractivity contribution in [2.75, 3.05) is 41.0 Å². The summed E-state index contributed by atoms with van der Waals surface area (Å²) in [5.74, 6) is 1.38. The molecular formula is C22H29ClN2O4. The zero-order valence-electron chi connectivity index (χ0n) is 17.4. The van der Waals surface area contributed by atoms with Gasteiger partial charge in [-0.2, -0.15) is 0 Å². The van der Waals surface area contributed by atoms with Crippen LogP contribution in [0, 0.1) is 0 Å². The van der Waals surface area contributed by atoms with Gasteiger partial charge in [-0.1, -0.05) is 31.2 Å². The van der Waals surface area contributed by atoms with Crippen molar-refractivity contribution < 1.29 is 19.0 Å². The number of piperazine rings is 1. The molecule has 6 nitrogen and oxygen atoms in total. The second-order valence-corrected chi connectivity index (χ2v) is 6.73. The van der Waals surface area contributed by atoms with Crippen LogP contribution in [-0.2, 0) is 6.42 Å². The molecule has 1 heterocycles. The predicted octanol–water partition coefficient (Wildman–Crippen LogP) is 3.48. The van der Waals surface area contributed by atoms with Gasteiger partial charge in [0.05, 0.1) is 27.4 Å². The van der Waals surface area contributed by atoms with Crippen molar-refractivity contribution in [3.63, 3.8) is 0 Å². The second kappa shape index (κ2) is 10.4. The van der Waals surface area contributed by atoms with Crippen molar-refractivity contribution in [1.29, 1.82) is 0 Å². The molecule has 1 amide bonds. The smallest absolute Gasteiger partial charge is 0.254 e. The summed E-state index contributed by atoms with van der Waals surface area (Å²) < 4.78 is 16.2. The second-order valence-electron chi connectivity index (χ2n) is 6.73. The van der Waals surface area contributed by atoms with Crippen molar-refractivity contribution in [3.8, 4) is 17.2 Å². The standard InChI is InChI=1S/C22H28N2O4.ClH/c1-5-15-6-8-16(9-7-15)18-14-23-10-11-24(18)22(25)17-12-19(26-2)21(28-4)20(13-17)27-3;/h6-9,12-13,18,23H,5,10-11,14H2,1-4H3;1H. The monoisotopic (exact) mass is 420 g/mol. The van der Waals surface area contributed by atoms with Crippen molar-refractivity contribution in [2.24, 2.45) is 0 Å². The van der Waals surface area contributed by atoms with Gasteiger partial charge in [0.15, 0.2) is 11.5 Å². The lowest BCUT2D eigenvalue weighted by Gasteiger charge is -2.37. The summed E-state index contributed by atoms with van der Waals surface area (Å²) in [4.78, 5) is 15.3. The molecule has 7 heteroatoms. The van der Waals surface area contributed by atoms with Crippen LogP contribution in [0.25, 0.3) is 0 Å². The molecule has 1 atom stereocenters. The molecule has 1 aliphatic rings. The van der Waals surface area contributed by atoms with Gasteiger partial charge in [0.2, 0.25) is 5.75 Å². The fraction of sp³-hybridized carbons (Fsp3) is 0.409. The normalized spacial score (nSPS) is 16.0.